The zero-order chi connectivity index (χ0) is 11.5. The van der Waals surface area contributed by atoms with Crippen molar-refractivity contribution in [3.63, 3.8) is 0 Å². The van der Waals surface area contributed by atoms with E-state index in [0.29, 0.717) is 5.92 Å². The Labute approximate surface area is 104 Å². The zero-order valence-electron chi connectivity index (χ0n) is 9.03. The van der Waals surface area contributed by atoms with Crippen molar-refractivity contribution in [1.82, 2.24) is 0 Å². The topological polar surface area (TPSA) is 37.3 Å². The third kappa shape index (κ3) is 2.46. The number of hydrogen-bond donors (Lipinski definition) is 1. The minimum atomic E-state index is -0.686. The molecule has 0 bridgehead atoms. The molecule has 1 saturated carbocycles. The summed E-state index contributed by atoms with van der Waals surface area (Å²) in [4.78, 5) is 11.4. The molecule has 0 radical (unpaired) electrons. The number of carbonyl (C=O) groups is 1. The van der Waals surface area contributed by atoms with Gasteiger partial charge in [-0.05, 0) is 36.5 Å². The van der Waals surface area contributed by atoms with Crippen molar-refractivity contribution in [3.05, 3.63) is 34.3 Å². The Balaban J connectivity index is 2.24. The van der Waals surface area contributed by atoms with Crippen LogP contribution in [-0.2, 0) is 4.79 Å². The molecule has 1 aliphatic rings. The molecule has 0 aromatic heterocycles. The van der Waals surface area contributed by atoms with Gasteiger partial charge in [-0.2, -0.15) is 0 Å². The maximum Gasteiger partial charge on any atom is 0.311 e. The standard InChI is InChI=1S/C13H15BrO2/c14-11-7-5-10(6-8-11)12(13(15)16)9-3-1-2-4-9/h5-9,12H,1-4H2,(H,15,16)/t12-/m0/s1. The van der Waals surface area contributed by atoms with Gasteiger partial charge in [0.2, 0.25) is 0 Å². The van der Waals surface area contributed by atoms with E-state index in [1.807, 2.05) is 24.3 Å². The van der Waals surface area contributed by atoms with Crippen LogP contribution in [-0.4, -0.2) is 11.1 Å². The average molecular weight is 283 g/mol. The highest BCUT2D eigenvalue weighted by Crippen LogP contribution is 2.37. The molecule has 16 heavy (non-hydrogen) atoms. The van der Waals surface area contributed by atoms with Gasteiger partial charge in [-0.1, -0.05) is 40.9 Å². The fourth-order valence-electron chi connectivity index (χ4n) is 2.58. The summed E-state index contributed by atoms with van der Waals surface area (Å²) in [5, 5.41) is 9.34. The largest absolute Gasteiger partial charge is 0.481 e. The van der Waals surface area contributed by atoms with Gasteiger partial charge in [0.15, 0.2) is 0 Å². The van der Waals surface area contributed by atoms with E-state index in [-0.39, 0.29) is 5.92 Å². The molecule has 3 heteroatoms. The first-order valence-electron chi connectivity index (χ1n) is 5.67. The first-order valence-corrected chi connectivity index (χ1v) is 6.46. The second-order valence-corrected chi connectivity index (χ2v) is 5.33. The first-order chi connectivity index (χ1) is 7.68. The number of rotatable bonds is 3. The zero-order valence-corrected chi connectivity index (χ0v) is 10.6. The number of benzene rings is 1. The van der Waals surface area contributed by atoms with E-state index >= 15 is 0 Å². The molecule has 0 heterocycles. The van der Waals surface area contributed by atoms with Crippen molar-refractivity contribution in [2.45, 2.75) is 31.6 Å². The Bertz CT molecular complexity index is 366. The molecule has 86 valence electrons. The molecule has 1 aromatic rings. The maximum atomic E-state index is 11.4. The van der Waals surface area contributed by atoms with Crippen molar-refractivity contribution in [2.75, 3.05) is 0 Å². The summed E-state index contributed by atoms with van der Waals surface area (Å²) >= 11 is 3.37. The fraction of sp³-hybridized carbons (Fsp3) is 0.462. The van der Waals surface area contributed by atoms with Crippen LogP contribution in [0.3, 0.4) is 0 Å². The molecule has 1 atom stereocenters. The molecule has 0 spiro atoms. The maximum absolute atomic E-state index is 11.4. The Morgan fingerprint density at radius 3 is 2.31 bits per heavy atom. The van der Waals surface area contributed by atoms with Gasteiger partial charge in [-0.25, -0.2) is 0 Å². The number of halogens is 1. The Morgan fingerprint density at radius 1 is 1.25 bits per heavy atom. The van der Waals surface area contributed by atoms with Crippen molar-refractivity contribution in [2.24, 2.45) is 5.92 Å². The molecular formula is C13H15BrO2. The molecule has 0 unspecified atom stereocenters. The molecule has 0 saturated heterocycles. The van der Waals surface area contributed by atoms with Gasteiger partial charge in [0.05, 0.1) is 5.92 Å². The normalized spacial score (nSPS) is 18.6. The molecule has 1 N–H and O–H groups in total. The summed E-state index contributed by atoms with van der Waals surface area (Å²) in [6, 6.07) is 7.67. The minimum Gasteiger partial charge on any atom is -0.481 e. The van der Waals surface area contributed by atoms with Crippen LogP contribution in [0, 0.1) is 5.92 Å². The van der Waals surface area contributed by atoms with E-state index in [1.165, 1.54) is 12.8 Å². The molecule has 0 amide bonds. The van der Waals surface area contributed by atoms with Crippen LogP contribution in [0.25, 0.3) is 0 Å². The quantitative estimate of drug-likeness (QED) is 0.916. The number of carboxylic acids is 1. The van der Waals surface area contributed by atoms with E-state index in [1.54, 1.807) is 0 Å². The number of aliphatic carboxylic acids is 1. The molecule has 2 rings (SSSR count). The van der Waals surface area contributed by atoms with E-state index in [9.17, 15) is 9.90 Å². The van der Waals surface area contributed by atoms with Crippen LogP contribution in [0.5, 0.6) is 0 Å². The van der Waals surface area contributed by atoms with E-state index in [2.05, 4.69) is 15.9 Å². The van der Waals surface area contributed by atoms with Crippen molar-refractivity contribution >= 4 is 21.9 Å². The van der Waals surface area contributed by atoms with Gasteiger partial charge >= 0.3 is 5.97 Å². The van der Waals surface area contributed by atoms with Gasteiger partial charge in [0, 0.05) is 4.47 Å². The third-order valence-electron chi connectivity index (χ3n) is 3.37. The Kier molecular flexibility index (Phi) is 3.64. The van der Waals surface area contributed by atoms with Gasteiger partial charge in [0.1, 0.15) is 0 Å². The van der Waals surface area contributed by atoms with Crippen LogP contribution < -0.4 is 0 Å². The lowest BCUT2D eigenvalue weighted by Gasteiger charge is -2.19. The molecule has 0 aliphatic heterocycles. The molecular weight excluding hydrogens is 268 g/mol. The smallest absolute Gasteiger partial charge is 0.311 e. The summed E-state index contributed by atoms with van der Waals surface area (Å²) in [7, 11) is 0. The monoisotopic (exact) mass is 282 g/mol. The van der Waals surface area contributed by atoms with Crippen LogP contribution >= 0.6 is 15.9 Å². The van der Waals surface area contributed by atoms with Gasteiger partial charge in [0.25, 0.3) is 0 Å². The number of hydrogen-bond acceptors (Lipinski definition) is 1. The lowest BCUT2D eigenvalue weighted by Crippen LogP contribution is -2.19. The van der Waals surface area contributed by atoms with Crippen molar-refractivity contribution < 1.29 is 9.90 Å². The summed E-state index contributed by atoms with van der Waals surface area (Å²) in [6.07, 6.45) is 4.44. The van der Waals surface area contributed by atoms with Crippen LogP contribution in [0.4, 0.5) is 0 Å². The molecule has 1 fully saturated rings. The van der Waals surface area contributed by atoms with Crippen LogP contribution in [0.15, 0.2) is 28.7 Å². The van der Waals surface area contributed by atoms with E-state index < -0.39 is 5.97 Å². The summed E-state index contributed by atoms with van der Waals surface area (Å²) in [6.45, 7) is 0. The highest BCUT2D eigenvalue weighted by molar-refractivity contribution is 9.10. The van der Waals surface area contributed by atoms with Gasteiger partial charge in [-0.3, -0.25) is 4.79 Å². The lowest BCUT2D eigenvalue weighted by atomic mass is 9.85. The van der Waals surface area contributed by atoms with Crippen LogP contribution in [0.2, 0.25) is 0 Å². The second-order valence-electron chi connectivity index (χ2n) is 4.41. The summed E-state index contributed by atoms with van der Waals surface area (Å²) in [5.74, 6) is -0.691. The third-order valence-corrected chi connectivity index (χ3v) is 3.90. The average Bonchev–Trinajstić information content (AvgIpc) is 2.74. The Morgan fingerprint density at radius 2 is 1.81 bits per heavy atom. The van der Waals surface area contributed by atoms with Crippen molar-refractivity contribution in [1.29, 1.82) is 0 Å². The van der Waals surface area contributed by atoms with E-state index in [4.69, 9.17) is 0 Å². The molecule has 1 aromatic carbocycles. The molecule has 1 aliphatic carbocycles. The lowest BCUT2D eigenvalue weighted by molar-refractivity contribution is -0.140. The highest BCUT2D eigenvalue weighted by Gasteiger charge is 2.31. The predicted octanol–water partition coefficient (Wildman–Crippen LogP) is 3.81. The minimum absolute atomic E-state index is 0.318. The van der Waals surface area contributed by atoms with Crippen molar-refractivity contribution in [3.8, 4) is 0 Å². The van der Waals surface area contributed by atoms with Crippen LogP contribution in [0.1, 0.15) is 37.2 Å². The fourth-order valence-corrected chi connectivity index (χ4v) is 2.84. The summed E-state index contributed by atoms with van der Waals surface area (Å²) < 4.78 is 0.992. The Hall–Kier alpha value is -0.830. The second kappa shape index (κ2) is 5.00. The van der Waals surface area contributed by atoms with E-state index in [0.717, 1.165) is 22.9 Å². The predicted molar refractivity (Wildman–Crippen MR) is 66.5 cm³/mol. The van der Waals surface area contributed by atoms with Gasteiger partial charge in [-0.15, -0.1) is 0 Å². The molecule has 2 nitrogen and oxygen atoms in total. The SMILES string of the molecule is O=C(O)[C@H](c1ccc(Br)cc1)C1CCCC1. The number of carboxylic acid groups (broad SMARTS) is 1. The summed E-state index contributed by atoms with van der Waals surface area (Å²) in [5.41, 5.74) is 0.933. The first kappa shape index (κ1) is 11.6. The highest BCUT2D eigenvalue weighted by atomic mass is 79.9. The van der Waals surface area contributed by atoms with Gasteiger partial charge < -0.3 is 5.11 Å².